The van der Waals surface area contributed by atoms with Crippen molar-refractivity contribution in [2.24, 2.45) is 35.5 Å². The molecule has 19 rings (SSSR count). The molecule has 7 fully saturated rings. The van der Waals surface area contributed by atoms with Gasteiger partial charge in [0.05, 0.1) is 5.69 Å². The SMILES string of the molecule is Cc1cc2c(cc1N1c3cc4c(sc5ccccc54)c4c3B(c3ccc5ccccc5c31)n1c3ccc(C56CC7CC(CC(C7)C5)C6)cc3c3cc(C56CCC7CC(CC7C5)C6)cc-4c31)C(C)(C)CCC2(C)C. The first-order chi connectivity index (χ1) is 35.4. The Hall–Kier alpha value is -5.32. The highest BCUT2D eigenvalue weighted by Crippen LogP contribution is 2.64. The second-order valence-electron chi connectivity index (χ2n) is 27.9. The lowest BCUT2D eigenvalue weighted by molar-refractivity contribution is -0.00512. The Morgan fingerprint density at radius 2 is 1.26 bits per heavy atom. The molecule has 0 saturated heterocycles. The van der Waals surface area contributed by atoms with Gasteiger partial charge in [0.15, 0.2) is 0 Å². The number of hydrogen-bond acceptors (Lipinski definition) is 2. The van der Waals surface area contributed by atoms with Gasteiger partial charge in [-0.25, -0.2) is 0 Å². The Morgan fingerprint density at radius 1 is 0.562 bits per heavy atom. The molecule has 2 aromatic heterocycles. The van der Waals surface area contributed by atoms with E-state index in [9.17, 15) is 0 Å². The quantitative estimate of drug-likeness (QED) is 0.160. The molecule has 4 atom stereocenters. The predicted octanol–water partition coefficient (Wildman–Crippen LogP) is 17.3. The highest BCUT2D eigenvalue weighted by Gasteiger charge is 2.55. The minimum Gasteiger partial charge on any atom is -0.375 e. The van der Waals surface area contributed by atoms with Crippen molar-refractivity contribution in [3.8, 4) is 11.1 Å². The van der Waals surface area contributed by atoms with Crippen LogP contribution in [0, 0.1) is 42.4 Å². The van der Waals surface area contributed by atoms with Crippen LogP contribution in [0.25, 0.3) is 63.9 Å². The maximum Gasteiger partial charge on any atom is 0.333 e. The summed E-state index contributed by atoms with van der Waals surface area (Å²) in [5.74, 6) is 5.51. The van der Waals surface area contributed by atoms with E-state index < -0.39 is 0 Å². The summed E-state index contributed by atoms with van der Waals surface area (Å²) in [6.45, 7) is 12.4. The van der Waals surface area contributed by atoms with E-state index in [2.05, 4.69) is 165 Å². The molecule has 2 nitrogen and oxygen atoms in total. The van der Waals surface area contributed by atoms with Crippen LogP contribution in [0.1, 0.15) is 145 Å². The van der Waals surface area contributed by atoms with Gasteiger partial charge in [-0.15, -0.1) is 11.3 Å². The first kappa shape index (κ1) is 42.0. The number of hydrogen-bond donors (Lipinski definition) is 0. The Morgan fingerprint density at radius 3 is 2.07 bits per heavy atom. The van der Waals surface area contributed by atoms with Crippen molar-refractivity contribution in [3.05, 3.63) is 137 Å². The summed E-state index contributed by atoms with van der Waals surface area (Å²) >= 11 is 2.06. The number of rotatable bonds is 3. The van der Waals surface area contributed by atoms with E-state index in [1.54, 1.807) is 16.7 Å². The zero-order valence-electron chi connectivity index (χ0n) is 43.6. The third kappa shape index (κ3) is 5.34. The fraction of sp³-hybridized carbons (Fsp3) is 0.420. The van der Waals surface area contributed by atoms with Crippen LogP contribution in [-0.4, -0.2) is 11.3 Å². The van der Waals surface area contributed by atoms with E-state index in [-0.39, 0.29) is 23.1 Å². The van der Waals surface area contributed by atoms with Crippen molar-refractivity contribution in [3.63, 3.8) is 0 Å². The van der Waals surface area contributed by atoms with Crippen molar-refractivity contribution in [1.29, 1.82) is 0 Å². The molecule has 4 unspecified atom stereocenters. The number of nitrogens with zero attached hydrogens (tertiary/aromatic N) is 2. The molecule has 7 aromatic carbocycles. The molecule has 7 bridgehead atoms. The first-order valence-corrected chi connectivity index (χ1v) is 29.8. The lowest BCUT2D eigenvalue weighted by Crippen LogP contribution is -2.56. The van der Waals surface area contributed by atoms with Crippen molar-refractivity contribution in [1.82, 2.24) is 4.48 Å². The van der Waals surface area contributed by atoms with Crippen LogP contribution in [0.5, 0.6) is 0 Å². The van der Waals surface area contributed by atoms with Gasteiger partial charge < -0.3 is 9.38 Å². The van der Waals surface area contributed by atoms with Gasteiger partial charge in [0.2, 0.25) is 0 Å². The molecule has 9 aromatic rings. The zero-order chi connectivity index (χ0) is 48.2. The summed E-state index contributed by atoms with van der Waals surface area (Å²) in [5.41, 5.74) is 21.6. The molecule has 10 aliphatic rings. The van der Waals surface area contributed by atoms with Crippen molar-refractivity contribution in [2.75, 3.05) is 4.90 Å². The van der Waals surface area contributed by atoms with E-state index in [0.29, 0.717) is 5.41 Å². The molecular weight excluding hydrogens is 900 g/mol. The second kappa shape index (κ2) is 13.7. The van der Waals surface area contributed by atoms with Gasteiger partial charge in [-0.2, -0.15) is 0 Å². The average molecular weight is 967 g/mol. The van der Waals surface area contributed by atoms with Crippen LogP contribution in [-0.2, 0) is 21.7 Å². The van der Waals surface area contributed by atoms with Crippen LogP contribution in [0.3, 0.4) is 0 Å². The average Bonchev–Trinajstić information content (AvgIpc) is 4.00. The standard InChI is InChI=1S/C69H67BN2S/c1-38-22-54-55(67(4,5)21-20-66(54,2)3)32-58(38)71-59-31-52-49-12-8-9-13-60(49)73-65(52)61-53-30-47(68-19-18-44-26-42(33-68)27-45(44)37-68)29-51-50-28-46(69-34-39-23-40(35-69)25-41(24-39)36-69)15-17-57(50)72(63(51)53)70(62(59)61)56-16-14-43-10-6-7-11-48(43)64(56)71/h6-17,22,28-32,39-42,44-45H,18-21,23-27,33-37H2,1-5H3. The molecule has 0 N–H and O–H groups in total. The van der Waals surface area contributed by atoms with Crippen LogP contribution >= 0.6 is 11.3 Å². The number of fused-ring (bicyclic) bond motifs is 16. The van der Waals surface area contributed by atoms with Gasteiger partial charge in [-0.3, -0.25) is 0 Å². The molecule has 2 aliphatic heterocycles. The van der Waals surface area contributed by atoms with Crippen LogP contribution < -0.4 is 15.8 Å². The fourth-order valence-electron chi connectivity index (χ4n) is 20.1. The summed E-state index contributed by atoms with van der Waals surface area (Å²) in [5, 5.41) is 8.53. The Kier molecular flexibility index (Phi) is 7.90. The van der Waals surface area contributed by atoms with Gasteiger partial charge in [-0.1, -0.05) is 94.4 Å². The fourth-order valence-corrected chi connectivity index (χ4v) is 21.4. The largest absolute Gasteiger partial charge is 0.375 e. The maximum absolute atomic E-state index is 2.92. The van der Waals surface area contributed by atoms with Crippen molar-refractivity contribution in [2.45, 2.75) is 146 Å². The normalized spacial score (nSPS) is 30.3. The Bertz CT molecular complexity index is 3950. The van der Waals surface area contributed by atoms with Crippen molar-refractivity contribution >= 4 is 98.9 Å². The van der Waals surface area contributed by atoms with Gasteiger partial charge in [0.25, 0.3) is 0 Å². The van der Waals surface area contributed by atoms with E-state index >= 15 is 0 Å². The van der Waals surface area contributed by atoms with E-state index in [1.165, 1.54) is 193 Å². The Balaban J connectivity index is 0.994. The lowest BCUT2D eigenvalue weighted by atomic mass is 9.44. The third-order valence-electron chi connectivity index (χ3n) is 23.0. The molecule has 0 amide bonds. The molecule has 8 aliphatic carbocycles. The smallest absolute Gasteiger partial charge is 0.333 e. The van der Waals surface area contributed by atoms with E-state index in [0.717, 1.165) is 35.5 Å². The molecule has 0 radical (unpaired) electrons. The molecular formula is C69H67BN2S. The molecule has 73 heavy (non-hydrogen) atoms. The van der Waals surface area contributed by atoms with E-state index in [1.807, 2.05) is 0 Å². The highest BCUT2D eigenvalue weighted by atomic mass is 32.1. The minimum absolute atomic E-state index is 0.0200. The van der Waals surface area contributed by atoms with Crippen LogP contribution in [0.4, 0.5) is 17.1 Å². The summed E-state index contributed by atoms with van der Waals surface area (Å²) in [7, 11) is 0. The van der Waals surface area contributed by atoms with Gasteiger partial charge in [0, 0.05) is 69.9 Å². The van der Waals surface area contributed by atoms with Gasteiger partial charge in [0.1, 0.15) is 0 Å². The van der Waals surface area contributed by atoms with Crippen LogP contribution in [0.15, 0.2) is 109 Å². The van der Waals surface area contributed by atoms with Crippen LogP contribution in [0.2, 0.25) is 0 Å². The highest BCUT2D eigenvalue weighted by molar-refractivity contribution is 7.26. The molecule has 362 valence electrons. The Labute approximate surface area is 435 Å². The third-order valence-corrected chi connectivity index (χ3v) is 24.2. The number of aryl methyl sites for hydroxylation is 1. The number of anilines is 3. The maximum atomic E-state index is 2.92. The topological polar surface area (TPSA) is 8.17 Å². The van der Waals surface area contributed by atoms with Gasteiger partial charge >= 0.3 is 6.85 Å². The minimum atomic E-state index is 0.0200. The lowest BCUT2D eigenvalue weighted by Gasteiger charge is -2.57. The number of benzene rings is 7. The summed E-state index contributed by atoms with van der Waals surface area (Å²) in [6.07, 6.45) is 19.6. The number of thiophene rings is 1. The van der Waals surface area contributed by atoms with E-state index in [4.69, 9.17) is 0 Å². The molecule has 4 heterocycles. The summed E-state index contributed by atoms with van der Waals surface area (Å²) in [6, 6.07) is 45.5. The summed E-state index contributed by atoms with van der Waals surface area (Å²) < 4.78 is 5.80. The second-order valence-corrected chi connectivity index (χ2v) is 28.9. The molecule has 7 saturated carbocycles. The van der Waals surface area contributed by atoms with Crippen molar-refractivity contribution < 1.29 is 0 Å². The summed E-state index contributed by atoms with van der Waals surface area (Å²) in [4.78, 5) is 2.81. The molecule has 4 heteroatoms. The number of aromatic nitrogens is 1. The predicted molar refractivity (Wildman–Crippen MR) is 310 cm³/mol. The molecule has 0 spiro atoms. The zero-order valence-corrected chi connectivity index (χ0v) is 44.5. The van der Waals surface area contributed by atoms with Gasteiger partial charge in [-0.05, 0) is 241 Å². The monoisotopic (exact) mass is 967 g/mol. The first-order valence-electron chi connectivity index (χ1n) is 29.0.